The summed E-state index contributed by atoms with van der Waals surface area (Å²) >= 11 is 8.80. The monoisotopic (exact) mass is 559 g/mol. The molecule has 6 nitrogen and oxygen atoms in total. The first kappa shape index (κ1) is 27.1. The van der Waals surface area contributed by atoms with Gasteiger partial charge in [0, 0.05) is 21.8 Å². The maximum Gasteiger partial charge on any atom is 0.261 e. The van der Waals surface area contributed by atoms with E-state index >= 15 is 0 Å². The lowest BCUT2D eigenvalue weighted by atomic mass is 9.88. The molecule has 35 heavy (non-hydrogen) atoms. The second kappa shape index (κ2) is 14.2. The van der Waals surface area contributed by atoms with Gasteiger partial charge < -0.3 is 15.4 Å². The zero-order valence-electron chi connectivity index (χ0n) is 20.2. The molecule has 2 aromatic carbocycles. The molecule has 0 heterocycles. The summed E-state index contributed by atoms with van der Waals surface area (Å²) in [5, 5.41) is 8.93. The lowest BCUT2D eigenvalue weighted by Gasteiger charge is -2.21. The average molecular weight is 561 g/mol. The normalized spacial score (nSPS) is 13.7. The van der Waals surface area contributed by atoms with Crippen LogP contribution in [0.25, 0.3) is 0 Å². The Kier molecular flexibility index (Phi) is 11.0. The quantitative estimate of drug-likeness (QED) is 0.214. The van der Waals surface area contributed by atoms with Crippen LogP contribution < -0.4 is 20.7 Å². The molecular weight excluding hydrogens is 526 g/mol. The lowest BCUT2D eigenvalue weighted by molar-refractivity contribution is -0.120. The molecule has 0 radical (unpaired) electrons. The van der Waals surface area contributed by atoms with Crippen LogP contribution in [0.4, 0.5) is 11.4 Å². The first-order valence-corrected chi connectivity index (χ1v) is 13.6. The lowest BCUT2D eigenvalue weighted by Crippen LogP contribution is -2.34. The van der Waals surface area contributed by atoms with E-state index in [1.807, 2.05) is 30.3 Å². The molecule has 0 bridgehead atoms. The van der Waals surface area contributed by atoms with Crippen LogP contribution in [0.3, 0.4) is 0 Å². The summed E-state index contributed by atoms with van der Waals surface area (Å²) in [5.74, 6) is 0.315. The Morgan fingerprint density at radius 1 is 1.00 bits per heavy atom. The molecule has 1 saturated carbocycles. The largest absolute Gasteiger partial charge is 0.493 e. The first-order valence-electron chi connectivity index (χ1n) is 12.4. The van der Waals surface area contributed by atoms with Gasteiger partial charge in [-0.1, -0.05) is 67.4 Å². The fourth-order valence-corrected chi connectivity index (χ4v) is 4.70. The second-order valence-corrected chi connectivity index (χ2v) is 10.2. The van der Waals surface area contributed by atoms with Gasteiger partial charge in [-0.2, -0.15) is 0 Å². The molecule has 1 aliphatic rings. The van der Waals surface area contributed by atoms with Crippen molar-refractivity contribution in [2.24, 2.45) is 5.92 Å². The number of unbranched alkanes of at least 4 members (excludes halogenated alkanes) is 3. The molecule has 0 spiro atoms. The van der Waals surface area contributed by atoms with Gasteiger partial charge in [-0.15, -0.1) is 0 Å². The molecule has 0 aliphatic heterocycles. The Labute approximate surface area is 221 Å². The van der Waals surface area contributed by atoms with E-state index in [0.29, 0.717) is 29.3 Å². The van der Waals surface area contributed by atoms with E-state index in [-0.39, 0.29) is 22.8 Å². The average Bonchev–Trinajstić information content (AvgIpc) is 2.85. The van der Waals surface area contributed by atoms with Crippen LogP contribution in [0, 0.1) is 5.92 Å². The van der Waals surface area contributed by atoms with Crippen LogP contribution in [0.2, 0.25) is 0 Å². The Hall–Kier alpha value is -2.45. The highest BCUT2D eigenvalue weighted by Crippen LogP contribution is 2.26. The third-order valence-electron chi connectivity index (χ3n) is 6.03. The number of benzene rings is 2. The SMILES string of the molecule is CCCCCCOc1ccc(Br)cc1C(=O)NC(=S)Nc1cccc(NC(=O)C2CCCCC2)c1. The Bertz CT molecular complexity index is 1020. The van der Waals surface area contributed by atoms with Gasteiger partial charge in [0.05, 0.1) is 12.2 Å². The summed E-state index contributed by atoms with van der Waals surface area (Å²) in [7, 11) is 0. The van der Waals surface area contributed by atoms with Crippen molar-refractivity contribution in [3.63, 3.8) is 0 Å². The highest BCUT2D eigenvalue weighted by molar-refractivity contribution is 9.10. The third kappa shape index (κ3) is 8.93. The van der Waals surface area contributed by atoms with Crippen molar-refractivity contribution >= 4 is 56.4 Å². The maximum absolute atomic E-state index is 12.9. The number of carbonyl (C=O) groups is 2. The molecule has 0 unspecified atom stereocenters. The van der Waals surface area contributed by atoms with Crippen LogP contribution in [0.1, 0.15) is 75.1 Å². The Morgan fingerprint density at radius 3 is 2.49 bits per heavy atom. The number of thiocarbonyl (C=S) groups is 1. The van der Waals surface area contributed by atoms with E-state index in [1.165, 1.54) is 12.8 Å². The Morgan fingerprint density at radius 2 is 1.74 bits per heavy atom. The van der Waals surface area contributed by atoms with Crippen molar-refractivity contribution in [3.8, 4) is 5.75 Å². The predicted octanol–water partition coefficient (Wildman–Crippen LogP) is 7.05. The molecule has 8 heteroatoms. The van der Waals surface area contributed by atoms with Gasteiger partial charge in [0.25, 0.3) is 5.91 Å². The van der Waals surface area contributed by atoms with E-state index in [9.17, 15) is 9.59 Å². The minimum absolute atomic E-state index is 0.0645. The van der Waals surface area contributed by atoms with Crippen LogP contribution in [0.5, 0.6) is 5.75 Å². The number of amides is 2. The smallest absolute Gasteiger partial charge is 0.261 e. The molecule has 188 valence electrons. The highest BCUT2D eigenvalue weighted by atomic mass is 79.9. The molecule has 0 atom stereocenters. The molecule has 0 aromatic heterocycles. The fraction of sp³-hybridized carbons (Fsp3) is 0.444. The van der Waals surface area contributed by atoms with Crippen LogP contribution >= 0.6 is 28.1 Å². The summed E-state index contributed by atoms with van der Waals surface area (Å²) in [6.07, 6.45) is 9.68. The van der Waals surface area contributed by atoms with Gasteiger partial charge in [-0.3, -0.25) is 14.9 Å². The van der Waals surface area contributed by atoms with Gasteiger partial charge >= 0.3 is 0 Å². The van der Waals surface area contributed by atoms with E-state index in [1.54, 1.807) is 12.1 Å². The van der Waals surface area contributed by atoms with Crippen molar-refractivity contribution in [3.05, 3.63) is 52.5 Å². The van der Waals surface area contributed by atoms with Crippen LogP contribution in [-0.2, 0) is 4.79 Å². The maximum atomic E-state index is 12.9. The fourth-order valence-electron chi connectivity index (χ4n) is 4.13. The number of rotatable bonds is 10. The number of carbonyl (C=O) groups excluding carboxylic acids is 2. The van der Waals surface area contributed by atoms with Crippen LogP contribution in [-0.4, -0.2) is 23.5 Å². The van der Waals surface area contributed by atoms with Gasteiger partial charge in [-0.25, -0.2) is 0 Å². The molecule has 2 aromatic rings. The first-order chi connectivity index (χ1) is 17.0. The van der Waals surface area contributed by atoms with Gasteiger partial charge in [0.15, 0.2) is 5.11 Å². The third-order valence-corrected chi connectivity index (χ3v) is 6.73. The second-order valence-electron chi connectivity index (χ2n) is 8.86. The van der Waals surface area contributed by atoms with Crippen LogP contribution in [0.15, 0.2) is 46.9 Å². The minimum Gasteiger partial charge on any atom is -0.493 e. The summed E-state index contributed by atoms with van der Waals surface area (Å²) in [5.41, 5.74) is 1.79. The van der Waals surface area contributed by atoms with Crippen molar-refractivity contribution in [2.45, 2.75) is 64.7 Å². The van der Waals surface area contributed by atoms with E-state index in [4.69, 9.17) is 17.0 Å². The molecule has 1 fully saturated rings. The number of halogens is 1. The number of nitrogens with one attached hydrogen (secondary N) is 3. The number of ether oxygens (including phenoxy) is 1. The highest BCUT2D eigenvalue weighted by Gasteiger charge is 2.21. The van der Waals surface area contributed by atoms with Crippen molar-refractivity contribution in [1.29, 1.82) is 0 Å². The summed E-state index contributed by atoms with van der Waals surface area (Å²) in [6.45, 7) is 2.72. The van der Waals surface area contributed by atoms with Gasteiger partial charge in [0.1, 0.15) is 5.75 Å². The molecular formula is C27H34BrN3O3S. The molecule has 1 aliphatic carbocycles. The van der Waals surface area contributed by atoms with E-state index in [2.05, 4.69) is 38.8 Å². The van der Waals surface area contributed by atoms with Crippen molar-refractivity contribution < 1.29 is 14.3 Å². The van der Waals surface area contributed by atoms with Crippen molar-refractivity contribution in [2.75, 3.05) is 17.2 Å². The summed E-state index contributed by atoms with van der Waals surface area (Å²) in [4.78, 5) is 25.5. The minimum atomic E-state index is -0.353. The van der Waals surface area contributed by atoms with Gasteiger partial charge in [0.2, 0.25) is 5.91 Å². The van der Waals surface area contributed by atoms with Crippen molar-refractivity contribution in [1.82, 2.24) is 5.32 Å². The Balaban J connectivity index is 1.56. The number of hydrogen-bond donors (Lipinski definition) is 3. The predicted molar refractivity (Wildman–Crippen MR) is 149 cm³/mol. The topological polar surface area (TPSA) is 79.5 Å². The number of anilines is 2. The zero-order valence-corrected chi connectivity index (χ0v) is 22.6. The van der Waals surface area contributed by atoms with E-state index < -0.39 is 0 Å². The van der Waals surface area contributed by atoms with E-state index in [0.717, 1.165) is 49.4 Å². The van der Waals surface area contributed by atoms with Gasteiger partial charge in [-0.05, 0) is 67.9 Å². The molecule has 3 N–H and O–H groups in total. The summed E-state index contributed by atoms with van der Waals surface area (Å²) < 4.78 is 6.66. The number of hydrogen-bond acceptors (Lipinski definition) is 4. The standard InChI is InChI=1S/C27H34BrN3O3S/c1-2-3-4-8-16-34-24-15-14-20(28)17-23(24)26(33)31-27(35)30-22-13-9-12-21(18-22)29-25(32)19-10-6-5-7-11-19/h9,12-15,17-19H,2-8,10-11,16H2,1H3,(H,29,32)(H2,30,31,33,35). The summed E-state index contributed by atoms with van der Waals surface area (Å²) in [6, 6.07) is 12.7. The molecule has 2 amide bonds. The molecule has 3 rings (SSSR count). The zero-order chi connectivity index (χ0) is 25.0. The molecule has 0 saturated heterocycles.